The van der Waals surface area contributed by atoms with Crippen LogP contribution in [0.4, 0.5) is 11.4 Å². The van der Waals surface area contributed by atoms with Gasteiger partial charge in [-0.15, -0.1) is 0 Å². The molecule has 1 aromatic carbocycles. The molecule has 2 rings (SSSR count). The van der Waals surface area contributed by atoms with E-state index in [0.29, 0.717) is 6.54 Å². The van der Waals surface area contributed by atoms with E-state index in [0.717, 1.165) is 23.5 Å². The van der Waals surface area contributed by atoms with Crippen molar-refractivity contribution in [2.45, 2.75) is 19.3 Å². The lowest BCUT2D eigenvalue weighted by Crippen LogP contribution is -2.33. The van der Waals surface area contributed by atoms with Gasteiger partial charge in [0.15, 0.2) is 0 Å². The van der Waals surface area contributed by atoms with E-state index in [2.05, 4.69) is 5.32 Å². The molecule has 1 aromatic rings. The number of amides is 1. The monoisotopic (exact) mass is 233 g/mol. The smallest absolute Gasteiger partial charge is 0.236 e. The maximum Gasteiger partial charge on any atom is 0.236 e. The average molecular weight is 233 g/mol. The minimum absolute atomic E-state index is 0.142. The Balaban J connectivity index is 2.40. The topological polar surface area (TPSA) is 58.4 Å². The Morgan fingerprint density at radius 2 is 2.12 bits per heavy atom. The summed E-state index contributed by atoms with van der Waals surface area (Å²) in [7, 11) is 1.82. The van der Waals surface area contributed by atoms with Gasteiger partial charge in [0, 0.05) is 31.5 Å². The van der Waals surface area contributed by atoms with Gasteiger partial charge in [0.25, 0.3) is 0 Å². The minimum atomic E-state index is -0.440. The largest absolute Gasteiger partial charge is 0.384 e. The Labute approximate surface area is 102 Å². The summed E-state index contributed by atoms with van der Waals surface area (Å²) in [5.74, 6) is 0.142. The van der Waals surface area contributed by atoms with Crippen LogP contribution in [-0.2, 0) is 10.2 Å². The number of hydrogen-bond acceptors (Lipinski definition) is 3. The third-order valence-electron chi connectivity index (χ3n) is 3.34. The number of anilines is 2. The molecule has 0 aliphatic carbocycles. The van der Waals surface area contributed by atoms with Crippen LogP contribution in [0.3, 0.4) is 0 Å². The molecule has 0 unspecified atom stereocenters. The molecule has 3 N–H and O–H groups in total. The second kappa shape index (κ2) is 4.04. The molecule has 1 aliphatic rings. The van der Waals surface area contributed by atoms with Crippen LogP contribution in [0.5, 0.6) is 0 Å². The molecule has 1 amide bonds. The molecule has 0 radical (unpaired) electrons. The van der Waals surface area contributed by atoms with Crippen molar-refractivity contribution in [3.63, 3.8) is 0 Å². The van der Waals surface area contributed by atoms with Gasteiger partial charge in [-0.1, -0.05) is 0 Å². The zero-order valence-corrected chi connectivity index (χ0v) is 10.6. The van der Waals surface area contributed by atoms with Crippen LogP contribution in [0, 0.1) is 0 Å². The summed E-state index contributed by atoms with van der Waals surface area (Å²) in [5, 5.41) is 3.24. The van der Waals surface area contributed by atoms with Gasteiger partial charge < -0.3 is 16.0 Å². The molecule has 0 fully saturated rings. The molecule has 0 saturated heterocycles. The fraction of sp³-hybridized carbons (Fsp3) is 0.462. The van der Waals surface area contributed by atoms with E-state index < -0.39 is 5.41 Å². The van der Waals surface area contributed by atoms with Crippen LogP contribution < -0.4 is 16.0 Å². The van der Waals surface area contributed by atoms with Crippen LogP contribution in [0.2, 0.25) is 0 Å². The van der Waals surface area contributed by atoms with Gasteiger partial charge in [0.1, 0.15) is 0 Å². The van der Waals surface area contributed by atoms with Crippen molar-refractivity contribution in [1.82, 2.24) is 0 Å². The lowest BCUT2D eigenvalue weighted by atomic mass is 9.86. The summed E-state index contributed by atoms with van der Waals surface area (Å²) in [5.41, 5.74) is 8.11. The third kappa shape index (κ3) is 1.78. The molecule has 4 heteroatoms. The fourth-order valence-corrected chi connectivity index (χ4v) is 2.30. The number of hydrogen-bond donors (Lipinski definition) is 2. The first-order valence-corrected chi connectivity index (χ1v) is 5.85. The standard InChI is InChI=1S/C13H19N3O/c1-13(2)10-8-9(15-7-6-14)4-5-11(10)16(3)12(13)17/h4-5,8,15H,6-7,14H2,1-3H3. The van der Waals surface area contributed by atoms with E-state index >= 15 is 0 Å². The second-order valence-electron chi connectivity index (χ2n) is 4.94. The third-order valence-corrected chi connectivity index (χ3v) is 3.34. The Bertz CT molecular complexity index is 454. The molecule has 92 valence electrons. The van der Waals surface area contributed by atoms with E-state index in [1.807, 2.05) is 39.1 Å². The fourth-order valence-electron chi connectivity index (χ4n) is 2.30. The number of carbonyl (C=O) groups excluding carboxylic acids is 1. The summed E-state index contributed by atoms with van der Waals surface area (Å²) < 4.78 is 0. The summed E-state index contributed by atoms with van der Waals surface area (Å²) in [6.07, 6.45) is 0. The van der Waals surface area contributed by atoms with E-state index in [-0.39, 0.29) is 5.91 Å². The average Bonchev–Trinajstić information content (AvgIpc) is 2.49. The molecule has 0 spiro atoms. The van der Waals surface area contributed by atoms with Gasteiger partial charge in [-0.05, 0) is 37.6 Å². The lowest BCUT2D eigenvalue weighted by molar-refractivity contribution is -0.121. The first-order valence-electron chi connectivity index (χ1n) is 5.85. The van der Waals surface area contributed by atoms with Gasteiger partial charge in [0.2, 0.25) is 5.91 Å². The van der Waals surface area contributed by atoms with Crippen molar-refractivity contribution in [2.24, 2.45) is 5.73 Å². The first kappa shape index (κ1) is 11.9. The van der Waals surface area contributed by atoms with Gasteiger partial charge in [-0.3, -0.25) is 4.79 Å². The Kier molecular flexibility index (Phi) is 2.83. The van der Waals surface area contributed by atoms with Crippen molar-refractivity contribution < 1.29 is 4.79 Å². The van der Waals surface area contributed by atoms with Crippen LogP contribution in [-0.4, -0.2) is 26.0 Å². The van der Waals surface area contributed by atoms with E-state index in [4.69, 9.17) is 5.73 Å². The maximum absolute atomic E-state index is 12.1. The molecule has 1 aliphatic heterocycles. The normalized spacial score (nSPS) is 17.2. The molecule has 17 heavy (non-hydrogen) atoms. The molecule has 4 nitrogen and oxygen atoms in total. The van der Waals surface area contributed by atoms with Gasteiger partial charge >= 0.3 is 0 Å². The summed E-state index contributed by atoms with van der Waals surface area (Å²) in [4.78, 5) is 13.8. The van der Waals surface area contributed by atoms with E-state index in [9.17, 15) is 4.79 Å². The van der Waals surface area contributed by atoms with Crippen molar-refractivity contribution in [1.29, 1.82) is 0 Å². The van der Waals surface area contributed by atoms with Crippen LogP contribution >= 0.6 is 0 Å². The minimum Gasteiger partial charge on any atom is -0.384 e. The van der Waals surface area contributed by atoms with Crippen LogP contribution in [0.1, 0.15) is 19.4 Å². The predicted octanol–water partition coefficient (Wildman–Crippen LogP) is 1.31. The number of rotatable bonds is 3. The van der Waals surface area contributed by atoms with Crippen molar-refractivity contribution in [2.75, 3.05) is 30.4 Å². The highest BCUT2D eigenvalue weighted by molar-refractivity contribution is 6.07. The lowest BCUT2D eigenvalue weighted by Gasteiger charge is -2.17. The summed E-state index contributed by atoms with van der Waals surface area (Å²) in [6.45, 7) is 5.26. The zero-order valence-electron chi connectivity index (χ0n) is 10.6. The Hall–Kier alpha value is -1.55. The molecule has 0 atom stereocenters. The Morgan fingerprint density at radius 3 is 2.76 bits per heavy atom. The van der Waals surface area contributed by atoms with Crippen molar-refractivity contribution in [3.8, 4) is 0 Å². The van der Waals surface area contributed by atoms with E-state index in [1.54, 1.807) is 4.90 Å². The highest BCUT2D eigenvalue weighted by atomic mass is 16.2. The first-order chi connectivity index (χ1) is 7.98. The number of benzene rings is 1. The van der Waals surface area contributed by atoms with Crippen LogP contribution in [0.15, 0.2) is 18.2 Å². The molecule has 0 bridgehead atoms. The highest BCUT2D eigenvalue weighted by Gasteiger charge is 2.42. The second-order valence-corrected chi connectivity index (χ2v) is 4.94. The highest BCUT2D eigenvalue weighted by Crippen LogP contribution is 2.41. The van der Waals surface area contributed by atoms with Gasteiger partial charge in [-0.2, -0.15) is 0 Å². The number of nitrogens with two attached hydrogens (primary N) is 1. The quantitative estimate of drug-likeness (QED) is 0.827. The predicted molar refractivity (Wildman–Crippen MR) is 70.4 cm³/mol. The Morgan fingerprint density at radius 1 is 1.41 bits per heavy atom. The maximum atomic E-state index is 12.1. The van der Waals surface area contributed by atoms with Crippen molar-refractivity contribution in [3.05, 3.63) is 23.8 Å². The molecule has 0 aromatic heterocycles. The number of nitrogens with zero attached hydrogens (tertiary/aromatic N) is 1. The van der Waals surface area contributed by atoms with Crippen molar-refractivity contribution >= 4 is 17.3 Å². The summed E-state index contributed by atoms with van der Waals surface area (Å²) in [6, 6.07) is 6.02. The number of carbonyl (C=O) groups is 1. The number of likely N-dealkylation sites (N-methyl/N-ethyl adjacent to an activating group) is 1. The van der Waals surface area contributed by atoms with Gasteiger partial charge in [0.05, 0.1) is 5.41 Å². The molecular weight excluding hydrogens is 214 g/mol. The van der Waals surface area contributed by atoms with Gasteiger partial charge in [-0.25, -0.2) is 0 Å². The number of nitrogens with one attached hydrogen (secondary N) is 1. The molecule has 0 saturated carbocycles. The molecule has 1 heterocycles. The molecular formula is C13H19N3O. The summed E-state index contributed by atoms with van der Waals surface area (Å²) >= 11 is 0. The van der Waals surface area contributed by atoms with E-state index in [1.165, 1.54) is 0 Å². The number of fused-ring (bicyclic) bond motifs is 1. The van der Waals surface area contributed by atoms with Crippen LogP contribution in [0.25, 0.3) is 0 Å². The zero-order chi connectivity index (χ0) is 12.6. The SMILES string of the molecule is CN1C(=O)C(C)(C)c2cc(NCCN)ccc21.